The highest BCUT2D eigenvalue weighted by Gasteiger charge is 2.39. The number of carbonyl (C=O) groups is 3. The third-order valence-electron chi connectivity index (χ3n) is 6.13. The molecule has 1 aromatic carbocycles. The number of nitrogens with one attached hydrogen (secondary N) is 2. The van der Waals surface area contributed by atoms with Crippen LogP contribution in [0, 0.1) is 0 Å². The summed E-state index contributed by atoms with van der Waals surface area (Å²) in [5.74, 6) is -0.758. The molecule has 2 aliphatic rings. The zero-order valence-electron chi connectivity index (χ0n) is 18.5. The summed E-state index contributed by atoms with van der Waals surface area (Å²) in [6.07, 6.45) is 5.12. The van der Waals surface area contributed by atoms with E-state index in [0.29, 0.717) is 25.1 Å². The van der Waals surface area contributed by atoms with E-state index in [2.05, 4.69) is 22.6 Å². The molecule has 0 radical (unpaired) electrons. The van der Waals surface area contributed by atoms with Crippen molar-refractivity contribution in [3.63, 3.8) is 0 Å². The SMILES string of the molecule is CN(CCCCN)CCCCNCc1cccc2c1CN(C1CCC(=O)NC1=O)C2=O. The van der Waals surface area contributed by atoms with Crippen LogP contribution in [0.3, 0.4) is 0 Å². The molecule has 1 atom stereocenters. The minimum Gasteiger partial charge on any atom is -0.330 e. The second kappa shape index (κ2) is 11.4. The van der Waals surface area contributed by atoms with Crippen LogP contribution in [0.15, 0.2) is 18.2 Å². The molecule has 1 saturated heterocycles. The van der Waals surface area contributed by atoms with Gasteiger partial charge in [0.1, 0.15) is 6.04 Å². The van der Waals surface area contributed by atoms with Crippen molar-refractivity contribution in [2.24, 2.45) is 5.73 Å². The molecule has 170 valence electrons. The van der Waals surface area contributed by atoms with Crippen LogP contribution in [0.2, 0.25) is 0 Å². The second-order valence-corrected chi connectivity index (χ2v) is 8.53. The Bertz CT molecular complexity index is 797. The van der Waals surface area contributed by atoms with E-state index in [1.54, 1.807) is 4.90 Å². The van der Waals surface area contributed by atoms with Gasteiger partial charge in [-0.15, -0.1) is 0 Å². The number of fused-ring (bicyclic) bond motifs is 1. The number of piperidine rings is 1. The number of imide groups is 1. The van der Waals surface area contributed by atoms with Crippen LogP contribution in [0.25, 0.3) is 0 Å². The number of unbranched alkanes of at least 4 members (excludes halogenated alkanes) is 2. The monoisotopic (exact) mass is 429 g/mol. The van der Waals surface area contributed by atoms with Crippen molar-refractivity contribution in [3.8, 4) is 0 Å². The zero-order valence-corrected chi connectivity index (χ0v) is 18.5. The lowest BCUT2D eigenvalue weighted by atomic mass is 10.0. The maximum atomic E-state index is 12.9. The third kappa shape index (κ3) is 6.12. The van der Waals surface area contributed by atoms with E-state index in [1.807, 2.05) is 18.2 Å². The highest BCUT2D eigenvalue weighted by atomic mass is 16.2. The lowest BCUT2D eigenvalue weighted by Crippen LogP contribution is -2.52. The van der Waals surface area contributed by atoms with E-state index in [9.17, 15) is 14.4 Å². The number of benzene rings is 1. The van der Waals surface area contributed by atoms with Gasteiger partial charge in [0.05, 0.1) is 0 Å². The molecule has 31 heavy (non-hydrogen) atoms. The molecule has 8 nitrogen and oxygen atoms in total. The summed E-state index contributed by atoms with van der Waals surface area (Å²) < 4.78 is 0. The van der Waals surface area contributed by atoms with Gasteiger partial charge < -0.3 is 20.9 Å². The first-order valence-corrected chi connectivity index (χ1v) is 11.4. The Morgan fingerprint density at radius 3 is 2.68 bits per heavy atom. The normalized spacial score (nSPS) is 18.6. The lowest BCUT2D eigenvalue weighted by molar-refractivity contribution is -0.136. The topological polar surface area (TPSA) is 108 Å². The Morgan fingerprint density at radius 2 is 1.94 bits per heavy atom. The minimum absolute atomic E-state index is 0.121. The number of rotatable bonds is 12. The molecule has 2 heterocycles. The molecule has 8 heteroatoms. The Labute approximate surface area is 184 Å². The molecule has 3 amide bonds. The first kappa shape index (κ1) is 23.4. The fraction of sp³-hybridized carbons (Fsp3) is 0.609. The van der Waals surface area contributed by atoms with Crippen molar-refractivity contribution >= 4 is 17.7 Å². The summed E-state index contributed by atoms with van der Waals surface area (Å²) in [5, 5.41) is 5.84. The number of nitrogens with zero attached hydrogens (tertiary/aromatic N) is 2. The van der Waals surface area contributed by atoms with Gasteiger partial charge in [0.25, 0.3) is 5.91 Å². The van der Waals surface area contributed by atoms with Crippen LogP contribution in [0.4, 0.5) is 0 Å². The van der Waals surface area contributed by atoms with Crippen molar-refractivity contribution in [2.45, 2.75) is 57.7 Å². The molecule has 0 bridgehead atoms. The van der Waals surface area contributed by atoms with E-state index >= 15 is 0 Å². The van der Waals surface area contributed by atoms with Crippen LogP contribution in [0.1, 0.15) is 60.0 Å². The predicted octanol–water partition coefficient (Wildman–Crippen LogP) is 0.988. The van der Waals surface area contributed by atoms with Gasteiger partial charge in [-0.1, -0.05) is 12.1 Å². The van der Waals surface area contributed by atoms with Gasteiger partial charge in [0.2, 0.25) is 11.8 Å². The first-order chi connectivity index (χ1) is 15.0. The lowest BCUT2D eigenvalue weighted by Gasteiger charge is -2.29. The molecule has 1 unspecified atom stereocenters. The average molecular weight is 430 g/mol. The number of hydrogen-bond acceptors (Lipinski definition) is 6. The van der Waals surface area contributed by atoms with Gasteiger partial charge >= 0.3 is 0 Å². The standard InChI is InChI=1S/C23H35N5O3/c1-27(13-4-2-11-24)14-5-3-12-25-15-17-7-6-8-18-19(17)16-28(23(18)31)20-9-10-21(29)26-22(20)30/h6-8,20,25H,2-5,9-16,24H2,1H3,(H,26,29,30). The van der Waals surface area contributed by atoms with E-state index in [1.165, 1.54) is 0 Å². The van der Waals surface area contributed by atoms with Gasteiger partial charge in [-0.05, 0) is 82.5 Å². The average Bonchev–Trinajstić information content (AvgIpc) is 3.08. The molecule has 0 spiro atoms. The number of hydrogen-bond donors (Lipinski definition) is 3. The number of carbonyl (C=O) groups excluding carboxylic acids is 3. The van der Waals surface area contributed by atoms with E-state index < -0.39 is 6.04 Å². The molecule has 4 N–H and O–H groups in total. The summed E-state index contributed by atoms with van der Waals surface area (Å²) in [5.41, 5.74) is 8.29. The number of nitrogens with two attached hydrogens (primary N) is 1. The second-order valence-electron chi connectivity index (χ2n) is 8.53. The highest BCUT2D eigenvalue weighted by molar-refractivity contribution is 6.05. The predicted molar refractivity (Wildman–Crippen MR) is 119 cm³/mol. The number of amides is 3. The highest BCUT2D eigenvalue weighted by Crippen LogP contribution is 2.29. The minimum atomic E-state index is -0.569. The Kier molecular flexibility index (Phi) is 8.57. The Balaban J connectivity index is 1.45. The van der Waals surface area contributed by atoms with Crippen molar-refractivity contribution < 1.29 is 14.4 Å². The molecule has 0 saturated carbocycles. The summed E-state index contributed by atoms with van der Waals surface area (Å²) >= 11 is 0. The largest absolute Gasteiger partial charge is 0.330 e. The Hall–Kier alpha value is -2.29. The van der Waals surface area contributed by atoms with E-state index in [-0.39, 0.29) is 24.1 Å². The summed E-state index contributed by atoms with van der Waals surface area (Å²) in [4.78, 5) is 40.5. The third-order valence-corrected chi connectivity index (χ3v) is 6.13. The first-order valence-electron chi connectivity index (χ1n) is 11.4. The van der Waals surface area contributed by atoms with Crippen molar-refractivity contribution in [3.05, 3.63) is 34.9 Å². The molecule has 3 rings (SSSR count). The van der Waals surface area contributed by atoms with Crippen LogP contribution in [0.5, 0.6) is 0 Å². The maximum absolute atomic E-state index is 12.9. The summed E-state index contributed by atoms with van der Waals surface area (Å²) in [6.45, 7) is 4.99. The van der Waals surface area contributed by atoms with Gasteiger partial charge in [0.15, 0.2) is 0 Å². The molecule has 1 fully saturated rings. The molecular formula is C23H35N5O3. The van der Waals surface area contributed by atoms with Crippen molar-refractivity contribution in [2.75, 3.05) is 33.2 Å². The fourth-order valence-electron chi connectivity index (χ4n) is 4.31. The fourth-order valence-corrected chi connectivity index (χ4v) is 4.31. The van der Waals surface area contributed by atoms with Crippen molar-refractivity contribution in [1.82, 2.24) is 20.4 Å². The van der Waals surface area contributed by atoms with Gasteiger partial charge in [-0.3, -0.25) is 19.7 Å². The van der Waals surface area contributed by atoms with E-state index in [4.69, 9.17) is 5.73 Å². The molecule has 0 aromatic heterocycles. The zero-order chi connectivity index (χ0) is 22.2. The maximum Gasteiger partial charge on any atom is 0.255 e. The van der Waals surface area contributed by atoms with E-state index in [0.717, 1.165) is 63.0 Å². The smallest absolute Gasteiger partial charge is 0.255 e. The van der Waals surface area contributed by atoms with Crippen LogP contribution >= 0.6 is 0 Å². The molecular weight excluding hydrogens is 394 g/mol. The van der Waals surface area contributed by atoms with Crippen LogP contribution in [-0.2, 0) is 22.7 Å². The molecule has 2 aliphatic heterocycles. The van der Waals surface area contributed by atoms with Crippen LogP contribution < -0.4 is 16.4 Å². The Morgan fingerprint density at radius 1 is 1.16 bits per heavy atom. The van der Waals surface area contributed by atoms with Gasteiger partial charge in [-0.2, -0.15) is 0 Å². The molecule has 0 aliphatic carbocycles. The van der Waals surface area contributed by atoms with Gasteiger partial charge in [0, 0.05) is 25.1 Å². The van der Waals surface area contributed by atoms with Crippen LogP contribution in [-0.4, -0.2) is 66.8 Å². The van der Waals surface area contributed by atoms with Crippen molar-refractivity contribution in [1.29, 1.82) is 0 Å². The summed E-state index contributed by atoms with van der Waals surface area (Å²) in [7, 11) is 2.16. The summed E-state index contributed by atoms with van der Waals surface area (Å²) in [6, 6.07) is 5.20. The molecule has 1 aromatic rings. The quantitative estimate of drug-likeness (QED) is 0.338. The van der Waals surface area contributed by atoms with Gasteiger partial charge in [-0.25, -0.2) is 0 Å².